The van der Waals surface area contributed by atoms with Gasteiger partial charge < -0.3 is 20.3 Å². The first-order valence-corrected chi connectivity index (χ1v) is 5.18. The zero-order valence-corrected chi connectivity index (χ0v) is 10.0. The fraction of sp³-hybridized carbons (Fsp3) is 0.600. The monoisotopic (exact) mass is 285 g/mol. The summed E-state index contributed by atoms with van der Waals surface area (Å²) in [5.41, 5.74) is 0.759. The second-order valence-electron chi connectivity index (χ2n) is 3.59. The number of ether oxygens (including phenoxy) is 1. The van der Waals surface area contributed by atoms with Gasteiger partial charge in [0.1, 0.15) is 0 Å². The molecule has 19 heavy (non-hydrogen) atoms. The van der Waals surface area contributed by atoms with E-state index < -0.39 is 18.1 Å². The van der Waals surface area contributed by atoms with Crippen molar-refractivity contribution in [2.75, 3.05) is 19.7 Å². The smallest absolute Gasteiger partial charge is 0.478 e. The van der Waals surface area contributed by atoms with E-state index in [1.807, 2.05) is 0 Å². The van der Waals surface area contributed by atoms with E-state index in [1.54, 1.807) is 6.92 Å². The molecule has 0 aliphatic carbocycles. The minimum absolute atomic E-state index is 0.0742. The Morgan fingerprint density at radius 3 is 2.21 bits per heavy atom. The molecule has 1 fully saturated rings. The fourth-order valence-electron chi connectivity index (χ4n) is 1.15. The standard InChI is InChI=1S/C8H13NO3.C2HF3O2/c1-6(4-8(10)11)7-5-9-2-3-12-7;3-2(4,5)1(6)7/h4,7,9H,2-3,5H2,1H3,(H,10,11);(H,6,7)/b6-4+;/t7-;/m0./s1. The topological polar surface area (TPSA) is 95.9 Å². The van der Waals surface area contributed by atoms with E-state index in [-0.39, 0.29) is 6.10 Å². The highest BCUT2D eigenvalue weighted by Crippen LogP contribution is 2.13. The van der Waals surface area contributed by atoms with Crippen LogP contribution in [-0.4, -0.2) is 54.1 Å². The number of nitrogens with one attached hydrogen (secondary N) is 1. The number of alkyl halides is 3. The summed E-state index contributed by atoms with van der Waals surface area (Å²) >= 11 is 0. The molecule has 9 heteroatoms. The van der Waals surface area contributed by atoms with Crippen LogP contribution in [0.4, 0.5) is 13.2 Å². The number of carbonyl (C=O) groups is 2. The van der Waals surface area contributed by atoms with E-state index in [4.69, 9.17) is 19.7 Å². The Kier molecular flexibility index (Phi) is 7.09. The normalized spacial score (nSPS) is 20.2. The fourth-order valence-corrected chi connectivity index (χ4v) is 1.15. The van der Waals surface area contributed by atoms with Crippen LogP contribution in [0.2, 0.25) is 0 Å². The van der Waals surface area contributed by atoms with Crippen molar-refractivity contribution >= 4 is 11.9 Å². The number of halogens is 3. The van der Waals surface area contributed by atoms with Crippen molar-refractivity contribution in [3.63, 3.8) is 0 Å². The molecule has 1 saturated heterocycles. The number of carboxylic acid groups (broad SMARTS) is 2. The van der Waals surface area contributed by atoms with E-state index in [0.29, 0.717) is 13.2 Å². The third-order valence-corrected chi connectivity index (χ3v) is 2.03. The lowest BCUT2D eigenvalue weighted by Gasteiger charge is -2.23. The van der Waals surface area contributed by atoms with Crippen molar-refractivity contribution in [1.82, 2.24) is 5.32 Å². The summed E-state index contributed by atoms with van der Waals surface area (Å²) in [6.07, 6.45) is -3.97. The SMILES string of the molecule is C/C(=C\C(=O)O)[C@@H]1CNCCO1.O=C(O)C(F)(F)F. The van der Waals surface area contributed by atoms with Crippen molar-refractivity contribution in [3.05, 3.63) is 11.6 Å². The average Bonchev–Trinajstić information content (AvgIpc) is 2.28. The van der Waals surface area contributed by atoms with Crippen LogP contribution < -0.4 is 5.32 Å². The van der Waals surface area contributed by atoms with Gasteiger partial charge in [-0.2, -0.15) is 13.2 Å². The molecule has 3 N–H and O–H groups in total. The van der Waals surface area contributed by atoms with Gasteiger partial charge in [-0.05, 0) is 12.5 Å². The Balaban J connectivity index is 0.000000399. The lowest BCUT2D eigenvalue weighted by atomic mass is 10.1. The molecule has 0 saturated carbocycles. The van der Waals surface area contributed by atoms with Crippen LogP contribution >= 0.6 is 0 Å². The van der Waals surface area contributed by atoms with Crippen molar-refractivity contribution in [1.29, 1.82) is 0 Å². The van der Waals surface area contributed by atoms with Crippen LogP contribution in [0.25, 0.3) is 0 Å². The molecule has 1 rings (SSSR count). The third-order valence-electron chi connectivity index (χ3n) is 2.03. The van der Waals surface area contributed by atoms with Crippen molar-refractivity contribution in [2.24, 2.45) is 0 Å². The minimum Gasteiger partial charge on any atom is -0.478 e. The van der Waals surface area contributed by atoms with E-state index in [1.165, 1.54) is 6.08 Å². The molecule has 0 amide bonds. The Labute approximate surface area is 106 Å². The lowest BCUT2D eigenvalue weighted by molar-refractivity contribution is -0.192. The number of rotatable bonds is 2. The van der Waals surface area contributed by atoms with Gasteiger partial charge in [-0.15, -0.1) is 0 Å². The number of aliphatic carboxylic acids is 2. The quantitative estimate of drug-likeness (QED) is 0.644. The van der Waals surface area contributed by atoms with Crippen molar-refractivity contribution in [3.8, 4) is 0 Å². The van der Waals surface area contributed by atoms with Gasteiger partial charge in [-0.25, -0.2) is 9.59 Å². The molecule has 0 radical (unpaired) electrons. The second-order valence-corrected chi connectivity index (χ2v) is 3.59. The summed E-state index contributed by atoms with van der Waals surface area (Å²) in [5.74, 6) is -3.67. The lowest BCUT2D eigenvalue weighted by Crippen LogP contribution is -2.39. The summed E-state index contributed by atoms with van der Waals surface area (Å²) in [7, 11) is 0. The molecule has 0 aromatic heterocycles. The van der Waals surface area contributed by atoms with Crippen LogP contribution in [-0.2, 0) is 14.3 Å². The molecule has 1 aliphatic heterocycles. The highest BCUT2D eigenvalue weighted by molar-refractivity contribution is 5.80. The van der Waals surface area contributed by atoms with E-state index in [2.05, 4.69) is 5.32 Å². The van der Waals surface area contributed by atoms with Gasteiger partial charge in [0, 0.05) is 19.2 Å². The Hall–Kier alpha value is -1.61. The molecular weight excluding hydrogens is 271 g/mol. The predicted molar refractivity (Wildman–Crippen MR) is 57.7 cm³/mol. The van der Waals surface area contributed by atoms with Gasteiger partial charge >= 0.3 is 18.1 Å². The highest BCUT2D eigenvalue weighted by atomic mass is 19.4. The van der Waals surface area contributed by atoms with Crippen LogP contribution in [0.15, 0.2) is 11.6 Å². The molecule has 0 aromatic rings. The molecule has 6 nitrogen and oxygen atoms in total. The zero-order valence-electron chi connectivity index (χ0n) is 10.0. The van der Waals surface area contributed by atoms with Gasteiger partial charge in [0.05, 0.1) is 12.7 Å². The van der Waals surface area contributed by atoms with Gasteiger partial charge in [0.15, 0.2) is 0 Å². The average molecular weight is 285 g/mol. The van der Waals surface area contributed by atoms with Gasteiger partial charge in [-0.1, -0.05) is 0 Å². The van der Waals surface area contributed by atoms with E-state index in [9.17, 15) is 18.0 Å². The van der Waals surface area contributed by atoms with Gasteiger partial charge in [0.2, 0.25) is 0 Å². The van der Waals surface area contributed by atoms with Crippen LogP contribution in [0.3, 0.4) is 0 Å². The molecule has 0 unspecified atom stereocenters. The predicted octanol–water partition coefficient (Wildman–Crippen LogP) is 0.639. The zero-order chi connectivity index (χ0) is 15.1. The third kappa shape index (κ3) is 8.16. The number of morpholine rings is 1. The Morgan fingerprint density at radius 1 is 1.37 bits per heavy atom. The second kappa shape index (κ2) is 7.74. The number of carboxylic acids is 2. The van der Waals surface area contributed by atoms with Crippen LogP contribution in [0.1, 0.15) is 6.92 Å². The summed E-state index contributed by atoms with van der Waals surface area (Å²) < 4.78 is 37.1. The van der Waals surface area contributed by atoms with E-state index in [0.717, 1.165) is 12.1 Å². The number of hydrogen-bond donors (Lipinski definition) is 3. The largest absolute Gasteiger partial charge is 0.490 e. The first kappa shape index (κ1) is 17.4. The molecular formula is C10H14F3NO5. The minimum atomic E-state index is -5.08. The van der Waals surface area contributed by atoms with Crippen molar-refractivity contribution in [2.45, 2.75) is 19.2 Å². The summed E-state index contributed by atoms with van der Waals surface area (Å²) in [5, 5.41) is 18.7. The van der Waals surface area contributed by atoms with Crippen LogP contribution in [0, 0.1) is 0 Å². The summed E-state index contributed by atoms with van der Waals surface area (Å²) in [6, 6.07) is 0. The molecule has 1 heterocycles. The molecule has 1 aliphatic rings. The summed E-state index contributed by atoms with van der Waals surface area (Å²) in [6.45, 7) is 3.97. The van der Waals surface area contributed by atoms with Crippen molar-refractivity contribution < 1.29 is 37.7 Å². The first-order valence-electron chi connectivity index (χ1n) is 5.18. The first-order chi connectivity index (χ1) is 8.64. The van der Waals surface area contributed by atoms with Crippen LogP contribution in [0.5, 0.6) is 0 Å². The maximum atomic E-state index is 10.6. The van der Waals surface area contributed by atoms with Gasteiger partial charge in [-0.3, -0.25) is 0 Å². The Bertz CT molecular complexity index is 348. The molecule has 110 valence electrons. The molecule has 0 aromatic carbocycles. The molecule has 0 bridgehead atoms. The maximum absolute atomic E-state index is 10.6. The van der Waals surface area contributed by atoms with Gasteiger partial charge in [0.25, 0.3) is 0 Å². The van der Waals surface area contributed by atoms with E-state index >= 15 is 0 Å². The number of hydrogen-bond acceptors (Lipinski definition) is 4. The highest BCUT2D eigenvalue weighted by Gasteiger charge is 2.38. The Morgan fingerprint density at radius 2 is 1.89 bits per heavy atom. The summed E-state index contributed by atoms with van der Waals surface area (Å²) in [4.78, 5) is 19.2. The molecule has 0 spiro atoms. The molecule has 1 atom stereocenters. The maximum Gasteiger partial charge on any atom is 0.490 e.